The first-order valence-electron chi connectivity index (χ1n) is 7.80. The second-order valence-electron chi connectivity index (χ2n) is 5.76. The summed E-state index contributed by atoms with van der Waals surface area (Å²) in [6, 6.07) is 5.28. The summed E-state index contributed by atoms with van der Waals surface area (Å²) in [4.78, 5) is 28.4. The SMILES string of the molecule is Nc1ccnc(N2CCN(C(=O)Cc3cccnc3)CC(O)C2)n1. The molecule has 3 heterocycles. The van der Waals surface area contributed by atoms with Crippen molar-refractivity contribution in [1.29, 1.82) is 0 Å². The molecule has 1 aliphatic rings. The van der Waals surface area contributed by atoms with Gasteiger partial charge in [-0.25, -0.2) is 4.98 Å². The molecule has 1 saturated heterocycles. The molecular weight excluding hydrogens is 308 g/mol. The number of aliphatic hydroxyl groups excluding tert-OH is 1. The number of aliphatic hydroxyl groups is 1. The van der Waals surface area contributed by atoms with Crippen molar-refractivity contribution in [1.82, 2.24) is 19.9 Å². The third-order valence-electron chi connectivity index (χ3n) is 3.88. The van der Waals surface area contributed by atoms with Crippen LogP contribution in [-0.4, -0.2) is 63.1 Å². The second kappa shape index (κ2) is 7.22. The predicted octanol–water partition coefficient (Wildman–Crippen LogP) is -0.294. The van der Waals surface area contributed by atoms with Gasteiger partial charge in [0.25, 0.3) is 0 Å². The van der Waals surface area contributed by atoms with Crippen molar-refractivity contribution in [3.8, 4) is 0 Å². The number of aromatic nitrogens is 3. The summed E-state index contributed by atoms with van der Waals surface area (Å²) in [5, 5.41) is 10.2. The Labute approximate surface area is 140 Å². The number of pyridine rings is 1. The number of nitrogen functional groups attached to an aromatic ring is 1. The van der Waals surface area contributed by atoms with Crippen LogP contribution in [0.25, 0.3) is 0 Å². The zero-order valence-electron chi connectivity index (χ0n) is 13.2. The van der Waals surface area contributed by atoms with Gasteiger partial charge in [-0.15, -0.1) is 0 Å². The van der Waals surface area contributed by atoms with Crippen LogP contribution in [0.5, 0.6) is 0 Å². The molecule has 0 aliphatic carbocycles. The number of hydrogen-bond acceptors (Lipinski definition) is 7. The van der Waals surface area contributed by atoms with Crippen LogP contribution in [-0.2, 0) is 11.2 Å². The fourth-order valence-electron chi connectivity index (χ4n) is 2.70. The third kappa shape index (κ3) is 3.96. The normalized spacial score (nSPS) is 18.3. The number of β-amino-alcohol motifs (C(OH)–C–C–N with tert-alkyl or cyclic N) is 1. The summed E-state index contributed by atoms with van der Waals surface area (Å²) >= 11 is 0. The Balaban J connectivity index is 1.67. The average molecular weight is 328 g/mol. The van der Waals surface area contributed by atoms with E-state index in [1.54, 1.807) is 35.6 Å². The Kier molecular flexibility index (Phi) is 4.85. The number of carbonyl (C=O) groups excluding carboxylic acids is 1. The van der Waals surface area contributed by atoms with Gasteiger partial charge in [-0.3, -0.25) is 9.78 Å². The van der Waals surface area contributed by atoms with E-state index in [0.717, 1.165) is 5.56 Å². The van der Waals surface area contributed by atoms with Gasteiger partial charge in [-0.2, -0.15) is 4.98 Å². The molecule has 0 bridgehead atoms. The van der Waals surface area contributed by atoms with Crippen molar-refractivity contribution < 1.29 is 9.90 Å². The predicted molar refractivity (Wildman–Crippen MR) is 89.2 cm³/mol. The van der Waals surface area contributed by atoms with E-state index in [1.165, 1.54) is 0 Å². The van der Waals surface area contributed by atoms with E-state index in [9.17, 15) is 9.90 Å². The van der Waals surface area contributed by atoms with Crippen LogP contribution in [0.3, 0.4) is 0 Å². The molecule has 0 saturated carbocycles. The summed E-state index contributed by atoms with van der Waals surface area (Å²) in [6.45, 7) is 1.69. The molecule has 3 N–H and O–H groups in total. The van der Waals surface area contributed by atoms with Crippen molar-refractivity contribution in [3.05, 3.63) is 42.4 Å². The molecule has 8 heteroatoms. The lowest BCUT2D eigenvalue weighted by Crippen LogP contribution is -2.38. The standard InChI is InChI=1S/C16H20N6O2/c17-14-3-5-19-16(20-14)22-7-6-21(10-13(23)11-22)15(24)8-12-2-1-4-18-9-12/h1-5,9,13,23H,6-8,10-11H2,(H2,17,19,20). The van der Waals surface area contributed by atoms with E-state index >= 15 is 0 Å². The summed E-state index contributed by atoms with van der Waals surface area (Å²) in [6.07, 6.45) is 4.54. The highest BCUT2D eigenvalue weighted by atomic mass is 16.3. The number of anilines is 2. The summed E-state index contributed by atoms with van der Waals surface area (Å²) in [7, 11) is 0. The number of hydrogen-bond donors (Lipinski definition) is 2. The van der Waals surface area contributed by atoms with Crippen LogP contribution < -0.4 is 10.6 Å². The minimum Gasteiger partial charge on any atom is -0.389 e. The fourth-order valence-corrected chi connectivity index (χ4v) is 2.70. The Morgan fingerprint density at radius 1 is 1.29 bits per heavy atom. The number of amides is 1. The van der Waals surface area contributed by atoms with Crippen molar-refractivity contribution >= 4 is 17.7 Å². The average Bonchev–Trinajstić information content (AvgIpc) is 2.77. The zero-order valence-corrected chi connectivity index (χ0v) is 13.2. The van der Waals surface area contributed by atoms with Crippen molar-refractivity contribution in [2.45, 2.75) is 12.5 Å². The van der Waals surface area contributed by atoms with Crippen LogP contribution >= 0.6 is 0 Å². The van der Waals surface area contributed by atoms with E-state index in [-0.39, 0.29) is 18.9 Å². The van der Waals surface area contributed by atoms with E-state index < -0.39 is 6.10 Å². The van der Waals surface area contributed by atoms with Gasteiger partial charge in [-0.1, -0.05) is 6.07 Å². The highest BCUT2D eigenvalue weighted by Crippen LogP contribution is 2.13. The smallest absolute Gasteiger partial charge is 0.227 e. The van der Waals surface area contributed by atoms with E-state index in [0.29, 0.717) is 31.4 Å². The van der Waals surface area contributed by atoms with Crippen LogP contribution in [0.1, 0.15) is 5.56 Å². The van der Waals surface area contributed by atoms with Crippen molar-refractivity contribution in [2.24, 2.45) is 0 Å². The molecule has 2 aromatic heterocycles. The molecule has 3 rings (SSSR count). The maximum absolute atomic E-state index is 12.5. The topological polar surface area (TPSA) is 108 Å². The summed E-state index contributed by atoms with van der Waals surface area (Å²) in [5.41, 5.74) is 6.55. The van der Waals surface area contributed by atoms with Crippen LogP contribution in [0.4, 0.5) is 11.8 Å². The van der Waals surface area contributed by atoms with Gasteiger partial charge < -0.3 is 20.6 Å². The molecule has 2 aromatic rings. The van der Waals surface area contributed by atoms with E-state index in [4.69, 9.17) is 5.73 Å². The first kappa shape index (κ1) is 16.1. The Morgan fingerprint density at radius 2 is 2.17 bits per heavy atom. The lowest BCUT2D eigenvalue weighted by atomic mass is 10.2. The van der Waals surface area contributed by atoms with Gasteiger partial charge in [-0.05, 0) is 17.7 Å². The molecular formula is C16H20N6O2. The van der Waals surface area contributed by atoms with Gasteiger partial charge in [0.05, 0.1) is 12.5 Å². The largest absolute Gasteiger partial charge is 0.389 e. The summed E-state index contributed by atoms with van der Waals surface area (Å²) in [5.74, 6) is 0.816. The van der Waals surface area contributed by atoms with Crippen molar-refractivity contribution in [3.63, 3.8) is 0 Å². The number of nitrogens with zero attached hydrogens (tertiary/aromatic N) is 5. The number of nitrogens with two attached hydrogens (primary N) is 1. The first-order chi connectivity index (χ1) is 11.6. The monoisotopic (exact) mass is 328 g/mol. The van der Waals surface area contributed by atoms with Gasteiger partial charge in [0.15, 0.2) is 0 Å². The quantitative estimate of drug-likeness (QED) is 0.796. The fraction of sp³-hybridized carbons (Fsp3) is 0.375. The molecule has 0 aromatic carbocycles. The molecule has 8 nitrogen and oxygen atoms in total. The van der Waals surface area contributed by atoms with E-state index in [1.807, 2.05) is 11.0 Å². The zero-order chi connectivity index (χ0) is 16.9. The summed E-state index contributed by atoms with van der Waals surface area (Å²) < 4.78 is 0. The molecule has 1 aliphatic heterocycles. The lowest BCUT2D eigenvalue weighted by Gasteiger charge is -2.22. The van der Waals surface area contributed by atoms with E-state index in [2.05, 4.69) is 15.0 Å². The Bertz CT molecular complexity index is 696. The molecule has 1 fully saturated rings. The maximum Gasteiger partial charge on any atom is 0.227 e. The maximum atomic E-state index is 12.5. The Morgan fingerprint density at radius 3 is 2.92 bits per heavy atom. The molecule has 1 unspecified atom stereocenters. The van der Waals surface area contributed by atoms with Crippen molar-refractivity contribution in [2.75, 3.05) is 36.8 Å². The third-order valence-corrected chi connectivity index (χ3v) is 3.88. The first-order valence-corrected chi connectivity index (χ1v) is 7.80. The van der Waals surface area contributed by atoms with Gasteiger partial charge in [0.2, 0.25) is 11.9 Å². The Hall–Kier alpha value is -2.74. The molecule has 1 atom stereocenters. The minimum absolute atomic E-state index is 0.0302. The molecule has 0 spiro atoms. The van der Waals surface area contributed by atoms with Crippen LogP contribution in [0.2, 0.25) is 0 Å². The van der Waals surface area contributed by atoms with Gasteiger partial charge >= 0.3 is 0 Å². The van der Waals surface area contributed by atoms with Gasteiger partial charge in [0, 0.05) is 44.8 Å². The lowest BCUT2D eigenvalue weighted by molar-refractivity contribution is -0.131. The molecule has 24 heavy (non-hydrogen) atoms. The second-order valence-corrected chi connectivity index (χ2v) is 5.76. The minimum atomic E-state index is -0.671. The molecule has 1 amide bonds. The molecule has 0 radical (unpaired) electrons. The van der Waals surface area contributed by atoms with Crippen LogP contribution in [0.15, 0.2) is 36.8 Å². The highest BCUT2D eigenvalue weighted by Gasteiger charge is 2.25. The molecule has 126 valence electrons. The highest BCUT2D eigenvalue weighted by molar-refractivity contribution is 5.78. The number of carbonyl (C=O) groups is 1. The van der Waals surface area contributed by atoms with Gasteiger partial charge in [0.1, 0.15) is 5.82 Å². The number of rotatable bonds is 3. The van der Waals surface area contributed by atoms with Crippen LogP contribution in [0, 0.1) is 0 Å².